The molecule has 0 saturated carbocycles. The zero-order chi connectivity index (χ0) is 31.1. The van der Waals surface area contributed by atoms with Gasteiger partial charge >= 0.3 is 0 Å². The number of hydrogen-bond donors (Lipinski definition) is 0. The summed E-state index contributed by atoms with van der Waals surface area (Å²) < 4.78 is 8.81. The van der Waals surface area contributed by atoms with Crippen molar-refractivity contribution >= 4 is 60.8 Å². The molecule has 2 unspecified atom stereocenters. The van der Waals surface area contributed by atoms with Crippen molar-refractivity contribution < 1.29 is 4.42 Å². The summed E-state index contributed by atoms with van der Waals surface area (Å²) in [7, 11) is 0. The lowest BCUT2D eigenvalue weighted by Gasteiger charge is -2.31. The Morgan fingerprint density at radius 1 is 0.745 bits per heavy atom. The van der Waals surface area contributed by atoms with Crippen LogP contribution in [-0.2, 0) is 0 Å². The van der Waals surface area contributed by atoms with Crippen LogP contribution in [0.25, 0.3) is 60.6 Å². The molecule has 4 heteroatoms. The van der Waals surface area contributed by atoms with E-state index >= 15 is 0 Å². The summed E-state index contributed by atoms with van der Waals surface area (Å²) in [5, 5.41) is 15.1. The third-order valence-electron chi connectivity index (χ3n) is 10.2. The second kappa shape index (κ2) is 9.97. The number of anilines is 2. The largest absolute Gasteiger partial charge is 0.456 e. The highest BCUT2D eigenvalue weighted by molar-refractivity contribution is 6.25. The minimum Gasteiger partial charge on any atom is -0.456 e. The summed E-state index contributed by atoms with van der Waals surface area (Å²) in [4.78, 5) is 2.43. The van der Waals surface area contributed by atoms with Crippen LogP contribution in [0.1, 0.15) is 29.9 Å². The van der Waals surface area contributed by atoms with E-state index in [0.29, 0.717) is 5.56 Å². The van der Waals surface area contributed by atoms with Crippen molar-refractivity contribution in [2.75, 3.05) is 4.90 Å². The molecule has 2 aliphatic carbocycles. The Morgan fingerprint density at radius 2 is 1.62 bits per heavy atom. The molecule has 0 saturated heterocycles. The number of nitrogens with zero attached hydrogens (tertiary/aromatic N) is 3. The molecule has 1 aliphatic heterocycles. The topological polar surface area (TPSA) is 45.1 Å². The molecule has 0 radical (unpaired) electrons. The van der Waals surface area contributed by atoms with Crippen molar-refractivity contribution in [3.63, 3.8) is 0 Å². The maximum absolute atomic E-state index is 10.5. The van der Waals surface area contributed by atoms with Crippen LogP contribution < -0.4 is 4.90 Å². The zero-order valence-corrected chi connectivity index (χ0v) is 25.6. The molecule has 0 fully saturated rings. The van der Waals surface area contributed by atoms with E-state index in [1.54, 1.807) is 0 Å². The number of benzene rings is 5. The Hall–Kier alpha value is -6.05. The number of aromatic nitrogens is 1. The van der Waals surface area contributed by atoms with Gasteiger partial charge in [-0.15, -0.1) is 0 Å². The third kappa shape index (κ3) is 3.69. The highest BCUT2D eigenvalue weighted by Gasteiger charge is 2.38. The molecule has 0 amide bonds. The van der Waals surface area contributed by atoms with Crippen molar-refractivity contribution in [3.8, 4) is 17.2 Å². The highest BCUT2D eigenvalue weighted by Crippen LogP contribution is 2.51. The fraction of sp³-hybridized carbons (Fsp3) is 0.0930. The summed E-state index contributed by atoms with van der Waals surface area (Å²) in [6.45, 7) is 0. The lowest BCUT2D eigenvalue weighted by Crippen LogP contribution is -2.29. The summed E-state index contributed by atoms with van der Waals surface area (Å²) in [5.74, 6) is 0.264. The second-order valence-electron chi connectivity index (χ2n) is 12.7. The predicted molar refractivity (Wildman–Crippen MR) is 193 cm³/mol. The highest BCUT2D eigenvalue weighted by atomic mass is 16.3. The van der Waals surface area contributed by atoms with Gasteiger partial charge in [-0.3, -0.25) is 0 Å². The molecule has 10 rings (SSSR count). The summed E-state index contributed by atoms with van der Waals surface area (Å²) in [6, 6.07) is 36.9. The third-order valence-corrected chi connectivity index (χ3v) is 10.2. The summed E-state index contributed by atoms with van der Waals surface area (Å²) in [5.41, 5.74) is 11.6. The first-order valence-electron chi connectivity index (χ1n) is 16.3. The van der Waals surface area contributed by atoms with Gasteiger partial charge in [0.1, 0.15) is 11.2 Å². The van der Waals surface area contributed by atoms with Gasteiger partial charge in [0.25, 0.3) is 0 Å². The van der Waals surface area contributed by atoms with E-state index in [1.807, 2.05) is 24.3 Å². The summed E-state index contributed by atoms with van der Waals surface area (Å²) >= 11 is 0. The van der Waals surface area contributed by atoms with Crippen LogP contribution in [0.4, 0.5) is 11.4 Å². The van der Waals surface area contributed by atoms with Crippen molar-refractivity contribution in [2.45, 2.75) is 24.8 Å². The second-order valence-corrected chi connectivity index (χ2v) is 12.7. The molecule has 0 bridgehead atoms. The van der Waals surface area contributed by atoms with Gasteiger partial charge in [0.2, 0.25) is 0 Å². The Balaban J connectivity index is 1.27. The van der Waals surface area contributed by atoms with Gasteiger partial charge in [0, 0.05) is 39.0 Å². The number of para-hydroxylation sites is 2. The molecular weight excluding hydrogens is 574 g/mol. The fourth-order valence-electron chi connectivity index (χ4n) is 8.25. The molecule has 0 spiro atoms. The lowest BCUT2D eigenvalue weighted by molar-refractivity contribution is 0.669. The summed E-state index contributed by atoms with van der Waals surface area (Å²) in [6.07, 6.45) is 17.5. The van der Waals surface area contributed by atoms with Crippen LogP contribution in [0.5, 0.6) is 0 Å². The molecule has 47 heavy (non-hydrogen) atoms. The number of hydrogen-bond acceptors (Lipinski definition) is 3. The smallest absolute Gasteiger partial charge is 0.137 e. The van der Waals surface area contributed by atoms with E-state index in [9.17, 15) is 5.26 Å². The van der Waals surface area contributed by atoms with Crippen molar-refractivity contribution in [1.29, 1.82) is 5.26 Å². The van der Waals surface area contributed by atoms with Gasteiger partial charge in [-0.05, 0) is 78.6 Å². The monoisotopic (exact) mass is 603 g/mol. The van der Waals surface area contributed by atoms with E-state index in [1.165, 1.54) is 33.2 Å². The van der Waals surface area contributed by atoms with Gasteiger partial charge in [0.15, 0.2) is 0 Å². The molecule has 2 aromatic heterocycles. The first kappa shape index (κ1) is 26.2. The van der Waals surface area contributed by atoms with Gasteiger partial charge < -0.3 is 13.9 Å². The Labute approximate surface area is 272 Å². The molecule has 3 aliphatic rings. The zero-order valence-electron chi connectivity index (χ0n) is 25.6. The molecular formula is C43H29N3O. The SMILES string of the molecule is N#Cc1cccc(N2c3ccccc3C3C=CC=CC32)c1-c1ccc2c(c1)c1ccc3oc4ccccc4c3c1n2C1=CC=CCC1. The normalized spacial score (nSPS) is 18.3. The van der Waals surface area contributed by atoms with Crippen LogP contribution in [0.2, 0.25) is 0 Å². The molecule has 4 nitrogen and oxygen atoms in total. The minimum atomic E-state index is 0.143. The molecule has 2 atom stereocenters. The first-order valence-corrected chi connectivity index (χ1v) is 16.3. The van der Waals surface area contributed by atoms with E-state index in [2.05, 4.69) is 131 Å². The van der Waals surface area contributed by atoms with E-state index in [0.717, 1.165) is 57.1 Å². The van der Waals surface area contributed by atoms with Crippen molar-refractivity contribution in [3.05, 3.63) is 151 Å². The Bertz CT molecular complexity index is 2620. The molecule has 3 heterocycles. The van der Waals surface area contributed by atoms with Gasteiger partial charge in [-0.25, -0.2) is 0 Å². The number of allylic oxidation sites excluding steroid dienone is 6. The lowest BCUT2D eigenvalue weighted by atomic mass is 9.91. The number of rotatable bonds is 3. The number of furan rings is 1. The van der Waals surface area contributed by atoms with E-state index in [-0.39, 0.29) is 12.0 Å². The van der Waals surface area contributed by atoms with Gasteiger partial charge in [-0.1, -0.05) is 85.0 Å². The minimum absolute atomic E-state index is 0.143. The predicted octanol–water partition coefficient (Wildman–Crippen LogP) is 11.2. The first-order chi connectivity index (χ1) is 23.3. The van der Waals surface area contributed by atoms with Crippen LogP contribution in [0.15, 0.2) is 144 Å². The molecule has 7 aromatic rings. The molecule has 0 N–H and O–H groups in total. The number of fused-ring (bicyclic) bond motifs is 10. The van der Waals surface area contributed by atoms with Crippen LogP contribution >= 0.6 is 0 Å². The molecule has 5 aromatic carbocycles. The van der Waals surface area contributed by atoms with Crippen LogP contribution in [0.3, 0.4) is 0 Å². The average Bonchev–Trinajstić information content (AvgIpc) is 3.79. The maximum Gasteiger partial charge on any atom is 0.137 e. The maximum atomic E-state index is 10.5. The van der Waals surface area contributed by atoms with E-state index < -0.39 is 0 Å². The van der Waals surface area contributed by atoms with Crippen LogP contribution in [0, 0.1) is 11.3 Å². The quantitative estimate of drug-likeness (QED) is 0.202. The van der Waals surface area contributed by atoms with Crippen molar-refractivity contribution in [2.24, 2.45) is 0 Å². The average molecular weight is 604 g/mol. The van der Waals surface area contributed by atoms with Gasteiger partial charge in [-0.2, -0.15) is 5.26 Å². The number of nitriles is 1. The molecule has 222 valence electrons. The van der Waals surface area contributed by atoms with E-state index in [4.69, 9.17) is 4.42 Å². The van der Waals surface area contributed by atoms with Crippen LogP contribution in [-0.4, -0.2) is 10.6 Å². The Morgan fingerprint density at radius 3 is 2.53 bits per heavy atom. The Kier molecular flexibility index (Phi) is 5.56. The van der Waals surface area contributed by atoms with Gasteiger partial charge in [0.05, 0.1) is 39.8 Å². The standard InChI is InChI=1S/C43H29N3O/c44-26-28-11-10-19-38(46-35-17-7-4-14-30(35)31-15-5-8-18-36(31)46)41(28)27-21-23-37-34(25-27)32-22-24-40-42(33-16-6-9-20-39(33)47-40)43(32)45(37)29-12-2-1-3-13-29/h1-2,4-12,14-25,30,35H,3,13H2. The van der Waals surface area contributed by atoms with Crippen molar-refractivity contribution in [1.82, 2.24) is 4.57 Å². The fourth-order valence-corrected chi connectivity index (χ4v) is 8.25.